The highest BCUT2D eigenvalue weighted by molar-refractivity contribution is 7.09. The second kappa shape index (κ2) is 7.07. The molecule has 0 saturated heterocycles. The summed E-state index contributed by atoms with van der Waals surface area (Å²) in [5.74, 6) is 2.05. The summed E-state index contributed by atoms with van der Waals surface area (Å²) in [6.45, 7) is 9.05. The lowest BCUT2D eigenvalue weighted by atomic mass is 10.2. The van der Waals surface area contributed by atoms with Gasteiger partial charge in [0.15, 0.2) is 0 Å². The van der Waals surface area contributed by atoms with Crippen molar-refractivity contribution in [2.45, 2.75) is 46.4 Å². The predicted molar refractivity (Wildman–Crippen MR) is 84.9 cm³/mol. The number of rotatable bonds is 7. The summed E-state index contributed by atoms with van der Waals surface area (Å²) < 4.78 is 5.81. The van der Waals surface area contributed by atoms with Crippen LogP contribution in [0.3, 0.4) is 0 Å². The van der Waals surface area contributed by atoms with Crippen molar-refractivity contribution >= 4 is 11.3 Å². The molecule has 0 aliphatic carbocycles. The molecule has 0 amide bonds. The third-order valence-electron chi connectivity index (χ3n) is 3.20. The molecule has 20 heavy (non-hydrogen) atoms. The van der Waals surface area contributed by atoms with E-state index in [1.54, 1.807) is 0 Å². The van der Waals surface area contributed by atoms with E-state index in [1.807, 2.05) is 18.3 Å². The molecule has 0 aromatic carbocycles. The highest BCUT2D eigenvalue weighted by Gasteiger charge is 2.10. The molecule has 0 spiro atoms. The molecule has 0 aliphatic heterocycles. The molecule has 2 aromatic rings. The normalized spacial score (nSPS) is 11.7. The van der Waals surface area contributed by atoms with Crippen LogP contribution in [-0.4, -0.2) is 18.0 Å². The van der Waals surface area contributed by atoms with Gasteiger partial charge in [-0.2, -0.15) is 0 Å². The number of nitrogens with zero attached hydrogens (tertiary/aromatic N) is 1. The van der Waals surface area contributed by atoms with E-state index in [9.17, 15) is 0 Å². The van der Waals surface area contributed by atoms with Crippen LogP contribution < -0.4 is 5.32 Å². The van der Waals surface area contributed by atoms with Gasteiger partial charge in [0.2, 0.25) is 0 Å². The van der Waals surface area contributed by atoms with Gasteiger partial charge in [-0.1, -0.05) is 19.9 Å². The van der Waals surface area contributed by atoms with Crippen molar-refractivity contribution in [1.29, 1.82) is 0 Å². The van der Waals surface area contributed by atoms with Gasteiger partial charge < -0.3 is 9.73 Å². The van der Waals surface area contributed by atoms with Crippen molar-refractivity contribution in [1.82, 2.24) is 10.2 Å². The van der Waals surface area contributed by atoms with Crippen LogP contribution in [-0.2, 0) is 19.6 Å². The van der Waals surface area contributed by atoms with Crippen LogP contribution in [0.5, 0.6) is 0 Å². The first-order chi connectivity index (χ1) is 9.54. The molecule has 0 atom stereocenters. The van der Waals surface area contributed by atoms with Crippen LogP contribution in [0, 0.1) is 6.92 Å². The highest BCUT2D eigenvalue weighted by Crippen LogP contribution is 2.18. The zero-order chi connectivity index (χ0) is 14.5. The van der Waals surface area contributed by atoms with Crippen LogP contribution in [0.15, 0.2) is 28.0 Å². The van der Waals surface area contributed by atoms with Crippen molar-refractivity contribution < 1.29 is 4.42 Å². The molecule has 0 radical (unpaired) electrons. The Bertz CT molecular complexity index is 517. The SMILES string of the molecule is Cc1oc(CNC(C)C)cc1CN(C)Cc1cccs1. The second-order valence-electron chi connectivity index (χ2n) is 5.58. The van der Waals surface area contributed by atoms with Gasteiger partial charge in [0.1, 0.15) is 11.5 Å². The molecule has 2 rings (SSSR count). The minimum absolute atomic E-state index is 0.477. The molecular formula is C16H24N2OS. The van der Waals surface area contributed by atoms with E-state index in [0.29, 0.717) is 6.04 Å². The molecule has 0 bridgehead atoms. The standard InChI is InChI=1S/C16H24N2OS/c1-12(2)17-9-15-8-14(13(3)19-15)10-18(4)11-16-6-5-7-20-16/h5-8,12,17H,9-11H2,1-4H3. The summed E-state index contributed by atoms with van der Waals surface area (Å²) in [5, 5.41) is 5.51. The molecule has 1 N–H and O–H groups in total. The van der Waals surface area contributed by atoms with E-state index in [0.717, 1.165) is 31.2 Å². The maximum atomic E-state index is 5.81. The lowest BCUT2D eigenvalue weighted by Crippen LogP contribution is -2.21. The maximum Gasteiger partial charge on any atom is 0.118 e. The molecule has 4 heteroatoms. The summed E-state index contributed by atoms with van der Waals surface area (Å²) in [4.78, 5) is 3.72. The van der Waals surface area contributed by atoms with E-state index in [2.05, 4.69) is 54.7 Å². The topological polar surface area (TPSA) is 28.4 Å². The summed E-state index contributed by atoms with van der Waals surface area (Å²) in [6, 6.07) is 6.94. The fourth-order valence-electron chi connectivity index (χ4n) is 2.15. The van der Waals surface area contributed by atoms with Gasteiger partial charge >= 0.3 is 0 Å². The predicted octanol–water partition coefficient (Wildman–Crippen LogP) is 3.78. The highest BCUT2D eigenvalue weighted by atomic mass is 32.1. The van der Waals surface area contributed by atoms with Crippen LogP contribution >= 0.6 is 11.3 Å². The van der Waals surface area contributed by atoms with E-state index < -0.39 is 0 Å². The van der Waals surface area contributed by atoms with E-state index in [-0.39, 0.29) is 0 Å². The number of aryl methyl sites for hydroxylation is 1. The molecule has 0 fully saturated rings. The number of hydrogen-bond acceptors (Lipinski definition) is 4. The smallest absolute Gasteiger partial charge is 0.118 e. The van der Waals surface area contributed by atoms with Gasteiger partial charge in [0.05, 0.1) is 6.54 Å². The van der Waals surface area contributed by atoms with Gasteiger partial charge in [-0.25, -0.2) is 0 Å². The third-order valence-corrected chi connectivity index (χ3v) is 4.06. The Morgan fingerprint density at radius 3 is 2.80 bits per heavy atom. The number of thiophene rings is 1. The molecule has 0 aliphatic rings. The van der Waals surface area contributed by atoms with E-state index >= 15 is 0 Å². The minimum Gasteiger partial charge on any atom is -0.465 e. The van der Waals surface area contributed by atoms with Crippen LogP contribution in [0.2, 0.25) is 0 Å². The van der Waals surface area contributed by atoms with Crippen molar-refractivity contribution in [3.8, 4) is 0 Å². The lowest BCUT2D eigenvalue weighted by Gasteiger charge is -2.14. The number of hydrogen-bond donors (Lipinski definition) is 1. The Hall–Kier alpha value is -1.10. The molecule has 0 saturated carbocycles. The van der Waals surface area contributed by atoms with E-state index in [1.165, 1.54) is 10.4 Å². The van der Waals surface area contributed by atoms with Gasteiger partial charge in [0, 0.05) is 29.6 Å². The van der Waals surface area contributed by atoms with Gasteiger partial charge in [-0.3, -0.25) is 4.90 Å². The average molecular weight is 292 g/mol. The zero-order valence-electron chi connectivity index (χ0n) is 12.8. The molecule has 2 heterocycles. The Kier molecular flexibility index (Phi) is 5.40. The molecule has 2 aromatic heterocycles. The summed E-state index contributed by atoms with van der Waals surface area (Å²) >= 11 is 1.81. The van der Waals surface area contributed by atoms with Crippen LogP contribution in [0.1, 0.15) is 35.8 Å². The molecule has 0 unspecified atom stereocenters. The number of furan rings is 1. The summed E-state index contributed by atoms with van der Waals surface area (Å²) in [6.07, 6.45) is 0. The molecule has 110 valence electrons. The Morgan fingerprint density at radius 2 is 2.15 bits per heavy atom. The lowest BCUT2D eigenvalue weighted by molar-refractivity contribution is 0.319. The second-order valence-corrected chi connectivity index (χ2v) is 6.61. The molecule has 3 nitrogen and oxygen atoms in total. The first-order valence-electron chi connectivity index (χ1n) is 7.07. The van der Waals surface area contributed by atoms with Crippen molar-refractivity contribution in [3.63, 3.8) is 0 Å². The Labute approximate surface area is 125 Å². The third kappa shape index (κ3) is 4.47. The minimum atomic E-state index is 0.477. The average Bonchev–Trinajstić information content (AvgIpc) is 2.98. The largest absolute Gasteiger partial charge is 0.465 e. The van der Waals surface area contributed by atoms with Crippen LogP contribution in [0.25, 0.3) is 0 Å². The number of nitrogens with one attached hydrogen (secondary N) is 1. The first kappa shape index (κ1) is 15.3. The fraction of sp³-hybridized carbons (Fsp3) is 0.500. The van der Waals surface area contributed by atoms with Gasteiger partial charge in [0.25, 0.3) is 0 Å². The van der Waals surface area contributed by atoms with Crippen molar-refractivity contribution in [3.05, 3.63) is 45.5 Å². The molecular weight excluding hydrogens is 268 g/mol. The first-order valence-corrected chi connectivity index (χ1v) is 7.95. The Morgan fingerprint density at radius 1 is 1.35 bits per heavy atom. The monoisotopic (exact) mass is 292 g/mol. The van der Waals surface area contributed by atoms with Crippen LogP contribution in [0.4, 0.5) is 0 Å². The maximum absolute atomic E-state index is 5.81. The quantitative estimate of drug-likeness (QED) is 0.842. The van der Waals surface area contributed by atoms with Gasteiger partial charge in [-0.15, -0.1) is 11.3 Å². The zero-order valence-corrected chi connectivity index (χ0v) is 13.6. The van der Waals surface area contributed by atoms with Crippen molar-refractivity contribution in [2.24, 2.45) is 0 Å². The summed E-state index contributed by atoms with van der Waals surface area (Å²) in [5.41, 5.74) is 1.28. The summed E-state index contributed by atoms with van der Waals surface area (Å²) in [7, 11) is 2.15. The Balaban J connectivity index is 1.91. The van der Waals surface area contributed by atoms with Gasteiger partial charge in [-0.05, 0) is 31.5 Å². The fourth-order valence-corrected chi connectivity index (χ4v) is 2.94. The van der Waals surface area contributed by atoms with Crippen molar-refractivity contribution in [2.75, 3.05) is 7.05 Å². The van der Waals surface area contributed by atoms with E-state index in [4.69, 9.17) is 4.42 Å².